The Morgan fingerprint density at radius 3 is 2.26 bits per heavy atom. The summed E-state index contributed by atoms with van der Waals surface area (Å²) >= 11 is 0. The van der Waals surface area contributed by atoms with Gasteiger partial charge in [-0.2, -0.15) is 0 Å². The molecule has 0 N–H and O–H groups in total. The lowest BCUT2D eigenvalue weighted by Crippen LogP contribution is -2.33. The molecule has 2 aromatic rings. The molecule has 0 saturated heterocycles. The van der Waals surface area contributed by atoms with Crippen LogP contribution in [0.3, 0.4) is 0 Å². The van der Waals surface area contributed by atoms with E-state index in [1.165, 1.54) is 30.0 Å². The van der Waals surface area contributed by atoms with E-state index in [0.29, 0.717) is 5.56 Å². The van der Waals surface area contributed by atoms with Crippen LogP contribution in [0.5, 0.6) is 0 Å². The van der Waals surface area contributed by atoms with E-state index in [-0.39, 0.29) is 36.0 Å². The summed E-state index contributed by atoms with van der Waals surface area (Å²) in [5.74, 6) is -0.462. The largest absolute Gasteiger partial charge is 0.302 e. The summed E-state index contributed by atoms with van der Waals surface area (Å²) in [5, 5.41) is 11.2. The first-order valence-corrected chi connectivity index (χ1v) is 7.10. The second kappa shape index (κ2) is 7.31. The molecule has 0 aliphatic heterocycles. The van der Waals surface area contributed by atoms with Gasteiger partial charge in [-0.1, -0.05) is 30.3 Å². The number of amides is 1. The summed E-state index contributed by atoms with van der Waals surface area (Å²) in [6, 6.07) is 14.5. The number of hydrogen-bond donors (Lipinski definition) is 0. The summed E-state index contributed by atoms with van der Waals surface area (Å²) in [4.78, 5) is 36.0. The summed E-state index contributed by atoms with van der Waals surface area (Å²) in [6.07, 6.45) is 0.130. The standard InChI is InChI=1S/C17H16N2O4/c1-13(20)11-12-18(17(21)14-7-3-2-4-8-14)15-9-5-6-10-16(15)19(22)23/h2-10H,11-12H2,1H3. The Morgan fingerprint density at radius 1 is 1.04 bits per heavy atom. The predicted molar refractivity (Wildman–Crippen MR) is 86.5 cm³/mol. The van der Waals surface area contributed by atoms with Crippen molar-refractivity contribution >= 4 is 23.1 Å². The Hall–Kier alpha value is -3.02. The fourth-order valence-electron chi connectivity index (χ4n) is 2.18. The van der Waals surface area contributed by atoms with Crippen LogP contribution in [0.4, 0.5) is 11.4 Å². The number of rotatable bonds is 6. The molecule has 2 rings (SSSR count). The second-order valence-corrected chi connectivity index (χ2v) is 5.02. The van der Waals surface area contributed by atoms with Crippen LogP contribution in [-0.2, 0) is 4.79 Å². The SMILES string of the molecule is CC(=O)CCN(C(=O)c1ccccc1)c1ccccc1[N+](=O)[O-]. The molecule has 0 bridgehead atoms. The summed E-state index contributed by atoms with van der Waals surface area (Å²) in [5.41, 5.74) is 0.433. The minimum absolute atomic E-state index is 0.0885. The molecule has 0 atom stereocenters. The number of Topliss-reactive ketones (excluding diaryl/α,β-unsaturated/α-hetero) is 1. The van der Waals surface area contributed by atoms with Crippen molar-refractivity contribution in [3.63, 3.8) is 0 Å². The molecule has 6 nitrogen and oxygen atoms in total. The highest BCUT2D eigenvalue weighted by Gasteiger charge is 2.24. The number of carbonyl (C=O) groups excluding carboxylic acids is 2. The molecule has 1 amide bonds. The zero-order valence-corrected chi connectivity index (χ0v) is 12.6. The second-order valence-electron chi connectivity index (χ2n) is 5.02. The van der Waals surface area contributed by atoms with E-state index in [1.807, 2.05) is 0 Å². The molecule has 0 aliphatic carbocycles. The third kappa shape index (κ3) is 4.00. The van der Waals surface area contributed by atoms with Gasteiger partial charge in [-0.15, -0.1) is 0 Å². The van der Waals surface area contributed by atoms with Crippen molar-refractivity contribution in [3.05, 3.63) is 70.3 Å². The van der Waals surface area contributed by atoms with Crippen LogP contribution in [0.25, 0.3) is 0 Å². The lowest BCUT2D eigenvalue weighted by Gasteiger charge is -2.22. The fraction of sp³-hybridized carbons (Fsp3) is 0.176. The molecule has 6 heteroatoms. The maximum absolute atomic E-state index is 12.7. The van der Waals surface area contributed by atoms with E-state index in [0.717, 1.165) is 0 Å². The van der Waals surface area contributed by atoms with Gasteiger partial charge in [0.25, 0.3) is 11.6 Å². The monoisotopic (exact) mass is 312 g/mol. The highest BCUT2D eigenvalue weighted by molar-refractivity contribution is 6.07. The van der Waals surface area contributed by atoms with Gasteiger partial charge in [0.1, 0.15) is 11.5 Å². The topological polar surface area (TPSA) is 80.5 Å². The number of benzene rings is 2. The molecule has 0 saturated carbocycles. The maximum atomic E-state index is 12.7. The Morgan fingerprint density at radius 2 is 1.65 bits per heavy atom. The summed E-state index contributed by atoms with van der Waals surface area (Å²) < 4.78 is 0. The third-order valence-electron chi connectivity index (χ3n) is 3.32. The van der Waals surface area contributed by atoms with Crippen molar-refractivity contribution in [1.29, 1.82) is 0 Å². The molecule has 0 aliphatic rings. The molecule has 0 heterocycles. The molecular weight excluding hydrogens is 296 g/mol. The van der Waals surface area contributed by atoms with Gasteiger partial charge >= 0.3 is 0 Å². The number of hydrogen-bond acceptors (Lipinski definition) is 4. The lowest BCUT2D eigenvalue weighted by molar-refractivity contribution is -0.384. The zero-order valence-electron chi connectivity index (χ0n) is 12.6. The van der Waals surface area contributed by atoms with Gasteiger partial charge in [0, 0.05) is 24.6 Å². The molecule has 0 fully saturated rings. The maximum Gasteiger partial charge on any atom is 0.292 e. The number of nitrogens with zero attached hydrogens (tertiary/aromatic N) is 2. The van der Waals surface area contributed by atoms with Crippen LogP contribution >= 0.6 is 0 Å². The van der Waals surface area contributed by atoms with Gasteiger partial charge < -0.3 is 4.90 Å². The van der Waals surface area contributed by atoms with Gasteiger partial charge in [0.15, 0.2) is 0 Å². The minimum atomic E-state index is -0.533. The average molecular weight is 312 g/mol. The van der Waals surface area contributed by atoms with Crippen molar-refractivity contribution in [2.24, 2.45) is 0 Å². The first kappa shape index (κ1) is 16.4. The molecule has 0 radical (unpaired) electrons. The number of carbonyl (C=O) groups is 2. The van der Waals surface area contributed by atoms with Crippen LogP contribution in [0.1, 0.15) is 23.7 Å². The first-order chi connectivity index (χ1) is 11.0. The van der Waals surface area contributed by atoms with E-state index in [1.54, 1.807) is 36.4 Å². The predicted octanol–water partition coefficient (Wildman–Crippen LogP) is 3.22. The van der Waals surface area contributed by atoms with Crippen LogP contribution in [0.2, 0.25) is 0 Å². The smallest absolute Gasteiger partial charge is 0.292 e. The van der Waals surface area contributed by atoms with Crippen molar-refractivity contribution in [2.75, 3.05) is 11.4 Å². The van der Waals surface area contributed by atoms with Crippen molar-refractivity contribution in [2.45, 2.75) is 13.3 Å². The van der Waals surface area contributed by atoms with E-state index in [2.05, 4.69) is 0 Å². The van der Waals surface area contributed by atoms with E-state index in [9.17, 15) is 19.7 Å². The van der Waals surface area contributed by atoms with Crippen molar-refractivity contribution in [3.8, 4) is 0 Å². The normalized spacial score (nSPS) is 10.1. The number of anilines is 1. The van der Waals surface area contributed by atoms with Gasteiger partial charge in [0.05, 0.1) is 4.92 Å². The zero-order chi connectivity index (χ0) is 16.8. The van der Waals surface area contributed by atoms with Crippen LogP contribution in [0, 0.1) is 10.1 Å². The Balaban J connectivity index is 2.44. The molecule has 0 spiro atoms. The van der Waals surface area contributed by atoms with Crippen LogP contribution in [0.15, 0.2) is 54.6 Å². The first-order valence-electron chi connectivity index (χ1n) is 7.10. The van der Waals surface area contributed by atoms with E-state index < -0.39 is 4.92 Å². The van der Waals surface area contributed by atoms with Crippen LogP contribution < -0.4 is 4.90 Å². The number of ketones is 1. The Kier molecular flexibility index (Phi) is 5.19. The van der Waals surface area contributed by atoms with E-state index >= 15 is 0 Å². The highest BCUT2D eigenvalue weighted by Crippen LogP contribution is 2.29. The Labute approximate surface area is 133 Å². The third-order valence-corrected chi connectivity index (χ3v) is 3.32. The van der Waals surface area contributed by atoms with E-state index in [4.69, 9.17) is 0 Å². The number of para-hydroxylation sites is 2. The Bertz CT molecular complexity index is 728. The lowest BCUT2D eigenvalue weighted by atomic mass is 10.1. The minimum Gasteiger partial charge on any atom is -0.302 e. The van der Waals surface area contributed by atoms with Crippen molar-refractivity contribution < 1.29 is 14.5 Å². The molecule has 2 aromatic carbocycles. The van der Waals surface area contributed by atoms with Gasteiger partial charge in [-0.05, 0) is 25.1 Å². The van der Waals surface area contributed by atoms with Gasteiger partial charge in [-0.3, -0.25) is 19.7 Å². The molecule has 0 aromatic heterocycles. The summed E-state index contributed by atoms with van der Waals surface area (Å²) in [7, 11) is 0. The quantitative estimate of drug-likeness (QED) is 0.606. The summed E-state index contributed by atoms with van der Waals surface area (Å²) in [6.45, 7) is 1.51. The molecular formula is C17H16N2O4. The van der Waals surface area contributed by atoms with Crippen molar-refractivity contribution in [1.82, 2.24) is 0 Å². The number of nitro benzene ring substituents is 1. The van der Waals surface area contributed by atoms with Gasteiger partial charge in [0.2, 0.25) is 0 Å². The van der Waals surface area contributed by atoms with Crippen LogP contribution in [-0.4, -0.2) is 23.2 Å². The molecule has 23 heavy (non-hydrogen) atoms. The highest BCUT2D eigenvalue weighted by atomic mass is 16.6. The number of nitro groups is 1. The molecule has 118 valence electrons. The van der Waals surface area contributed by atoms with Gasteiger partial charge in [-0.25, -0.2) is 0 Å². The fourth-order valence-corrected chi connectivity index (χ4v) is 2.18. The molecule has 0 unspecified atom stereocenters. The average Bonchev–Trinajstić information content (AvgIpc) is 2.55.